The van der Waals surface area contributed by atoms with E-state index in [-0.39, 0.29) is 6.10 Å². The number of nitriles is 1. The third kappa shape index (κ3) is 3.86. The molecule has 1 heterocycles. The summed E-state index contributed by atoms with van der Waals surface area (Å²) in [6.07, 6.45) is 1.88. The molecule has 0 saturated carbocycles. The van der Waals surface area contributed by atoms with Crippen molar-refractivity contribution in [1.82, 2.24) is 4.98 Å². The fourth-order valence-corrected chi connectivity index (χ4v) is 2.67. The Labute approximate surface area is 134 Å². The van der Waals surface area contributed by atoms with Crippen LogP contribution in [-0.4, -0.2) is 18.2 Å². The summed E-state index contributed by atoms with van der Waals surface area (Å²) in [6, 6.07) is 7.81. The van der Waals surface area contributed by atoms with E-state index in [9.17, 15) is 5.26 Å². The van der Waals surface area contributed by atoms with Crippen molar-refractivity contribution in [3.05, 3.63) is 39.8 Å². The number of allylic oxidation sites excluding steroid dienone is 1. The first kappa shape index (κ1) is 16.1. The Hall–Kier alpha value is -2.32. The first-order valence-corrected chi connectivity index (χ1v) is 7.80. The maximum absolute atomic E-state index is 9.34. The summed E-state index contributed by atoms with van der Waals surface area (Å²) in [5, 5.41) is 12.0. The minimum Gasteiger partial charge on any atom is -0.493 e. The highest BCUT2D eigenvalue weighted by molar-refractivity contribution is 7.11. The first-order valence-electron chi connectivity index (χ1n) is 6.92. The number of thiazole rings is 1. The number of ether oxygens (including phenoxy) is 2. The van der Waals surface area contributed by atoms with Crippen molar-refractivity contribution in [3.8, 4) is 17.6 Å². The van der Waals surface area contributed by atoms with Gasteiger partial charge in [0.05, 0.1) is 18.8 Å². The third-order valence-electron chi connectivity index (χ3n) is 2.83. The second-order valence-electron chi connectivity index (χ2n) is 5.04. The van der Waals surface area contributed by atoms with Gasteiger partial charge in [-0.2, -0.15) is 5.26 Å². The Morgan fingerprint density at radius 3 is 2.68 bits per heavy atom. The summed E-state index contributed by atoms with van der Waals surface area (Å²) in [5.74, 6) is 1.34. The summed E-state index contributed by atoms with van der Waals surface area (Å²) in [7, 11) is 1.60. The van der Waals surface area contributed by atoms with Gasteiger partial charge in [0.1, 0.15) is 11.1 Å². The predicted octanol–water partition coefficient (Wildman–Crippen LogP) is 4.31. The minimum atomic E-state index is 0.0725. The molecule has 5 heteroatoms. The topological polar surface area (TPSA) is 55.1 Å². The van der Waals surface area contributed by atoms with Crippen molar-refractivity contribution < 1.29 is 9.47 Å². The molecule has 4 nitrogen and oxygen atoms in total. The number of hydrogen-bond donors (Lipinski definition) is 0. The van der Waals surface area contributed by atoms with Gasteiger partial charge in [-0.05, 0) is 44.5 Å². The van der Waals surface area contributed by atoms with E-state index < -0.39 is 0 Å². The second kappa shape index (κ2) is 7.10. The number of aryl methyl sites for hydroxylation is 1. The third-order valence-corrected chi connectivity index (χ3v) is 3.82. The van der Waals surface area contributed by atoms with Gasteiger partial charge in [-0.15, -0.1) is 11.3 Å². The quantitative estimate of drug-likeness (QED) is 0.772. The molecule has 1 aromatic carbocycles. The lowest BCUT2D eigenvalue weighted by Crippen LogP contribution is -2.06. The standard InChI is InChI=1S/C17H18N2O2S/c1-11(2)21-15-6-5-13(8-16(15)20-4)7-14(9-18)17-19-12(3)10-22-17/h5-8,10-11H,1-4H3/b14-7+. The maximum atomic E-state index is 9.34. The molecule has 1 aromatic heterocycles. The van der Waals surface area contributed by atoms with Crippen LogP contribution in [-0.2, 0) is 0 Å². The van der Waals surface area contributed by atoms with Gasteiger partial charge in [0.25, 0.3) is 0 Å². The van der Waals surface area contributed by atoms with E-state index in [1.807, 2.05) is 44.4 Å². The van der Waals surface area contributed by atoms with Crippen molar-refractivity contribution in [2.24, 2.45) is 0 Å². The SMILES string of the molecule is COc1cc(/C=C(\C#N)c2nc(C)cs2)ccc1OC(C)C. The van der Waals surface area contributed by atoms with Crippen LogP contribution in [0.4, 0.5) is 0 Å². The molecule has 0 aliphatic heterocycles. The average molecular weight is 314 g/mol. The summed E-state index contributed by atoms with van der Waals surface area (Å²) in [5.41, 5.74) is 2.33. The smallest absolute Gasteiger partial charge is 0.161 e. The van der Waals surface area contributed by atoms with Crippen LogP contribution >= 0.6 is 11.3 Å². The van der Waals surface area contributed by atoms with Gasteiger partial charge in [0.15, 0.2) is 11.5 Å². The highest BCUT2D eigenvalue weighted by Gasteiger charge is 2.09. The van der Waals surface area contributed by atoms with E-state index in [2.05, 4.69) is 11.1 Å². The van der Waals surface area contributed by atoms with Gasteiger partial charge >= 0.3 is 0 Å². The predicted molar refractivity (Wildman–Crippen MR) is 89.1 cm³/mol. The fraction of sp³-hybridized carbons (Fsp3) is 0.294. The molecule has 22 heavy (non-hydrogen) atoms. The van der Waals surface area contributed by atoms with Crippen molar-refractivity contribution in [2.45, 2.75) is 26.9 Å². The molecule has 114 valence electrons. The summed E-state index contributed by atoms with van der Waals surface area (Å²) < 4.78 is 11.1. The van der Waals surface area contributed by atoms with E-state index in [0.29, 0.717) is 17.1 Å². The Balaban J connectivity index is 2.36. The number of rotatable bonds is 5. The molecule has 0 unspecified atom stereocenters. The van der Waals surface area contributed by atoms with Gasteiger partial charge in [-0.3, -0.25) is 0 Å². The van der Waals surface area contributed by atoms with Crippen molar-refractivity contribution in [2.75, 3.05) is 7.11 Å². The Morgan fingerprint density at radius 2 is 2.14 bits per heavy atom. The highest BCUT2D eigenvalue weighted by atomic mass is 32.1. The van der Waals surface area contributed by atoms with Gasteiger partial charge in [-0.25, -0.2) is 4.98 Å². The zero-order chi connectivity index (χ0) is 16.1. The molecule has 0 N–H and O–H groups in total. The summed E-state index contributed by atoms with van der Waals surface area (Å²) in [4.78, 5) is 4.35. The molecular weight excluding hydrogens is 296 g/mol. The molecule has 0 fully saturated rings. The number of benzene rings is 1. The molecule has 0 aliphatic carbocycles. The monoisotopic (exact) mass is 314 g/mol. The van der Waals surface area contributed by atoms with Crippen LogP contribution in [0.15, 0.2) is 23.6 Å². The fourth-order valence-electron chi connectivity index (χ4n) is 1.91. The lowest BCUT2D eigenvalue weighted by molar-refractivity contribution is 0.230. The van der Waals surface area contributed by atoms with Crippen LogP contribution in [0, 0.1) is 18.3 Å². The molecule has 0 bridgehead atoms. The largest absolute Gasteiger partial charge is 0.493 e. The van der Waals surface area contributed by atoms with Crippen LogP contribution in [0.25, 0.3) is 11.6 Å². The maximum Gasteiger partial charge on any atom is 0.161 e. The van der Waals surface area contributed by atoms with Crippen LogP contribution in [0.5, 0.6) is 11.5 Å². The van der Waals surface area contributed by atoms with E-state index in [1.165, 1.54) is 11.3 Å². The van der Waals surface area contributed by atoms with Crippen LogP contribution < -0.4 is 9.47 Å². The lowest BCUT2D eigenvalue weighted by Gasteiger charge is -2.13. The zero-order valence-corrected chi connectivity index (χ0v) is 13.9. The first-order chi connectivity index (χ1) is 10.5. The second-order valence-corrected chi connectivity index (χ2v) is 5.90. The minimum absolute atomic E-state index is 0.0725. The average Bonchev–Trinajstić information content (AvgIpc) is 2.91. The van der Waals surface area contributed by atoms with Crippen molar-refractivity contribution in [1.29, 1.82) is 5.26 Å². The zero-order valence-electron chi connectivity index (χ0n) is 13.1. The normalized spacial score (nSPS) is 11.4. The van der Waals surface area contributed by atoms with Gasteiger partial charge < -0.3 is 9.47 Å². The number of methoxy groups -OCH3 is 1. The van der Waals surface area contributed by atoms with Gasteiger partial charge in [0.2, 0.25) is 0 Å². The highest BCUT2D eigenvalue weighted by Crippen LogP contribution is 2.31. The molecule has 0 saturated heterocycles. The lowest BCUT2D eigenvalue weighted by atomic mass is 10.1. The van der Waals surface area contributed by atoms with Gasteiger partial charge in [-0.1, -0.05) is 6.07 Å². The van der Waals surface area contributed by atoms with E-state index >= 15 is 0 Å². The molecule has 0 aliphatic rings. The Kier molecular flexibility index (Phi) is 5.18. The molecule has 0 amide bonds. The molecule has 2 rings (SSSR count). The van der Waals surface area contributed by atoms with Crippen LogP contribution in [0.2, 0.25) is 0 Å². The van der Waals surface area contributed by atoms with Crippen molar-refractivity contribution >= 4 is 23.0 Å². The van der Waals surface area contributed by atoms with E-state index in [4.69, 9.17) is 9.47 Å². The summed E-state index contributed by atoms with van der Waals surface area (Å²) >= 11 is 1.47. The van der Waals surface area contributed by atoms with Crippen LogP contribution in [0.3, 0.4) is 0 Å². The number of nitrogens with zero attached hydrogens (tertiary/aromatic N) is 2. The van der Waals surface area contributed by atoms with Crippen molar-refractivity contribution in [3.63, 3.8) is 0 Å². The molecule has 0 atom stereocenters. The molecule has 0 radical (unpaired) electrons. The number of aromatic nitrogens is 1. The van der Waals surface area contributed by atoms with Gasteiger partial charge in [0, 0.05) is 11.1 Å². The Bertz CT molecular complexity index is 727. The van der Waals surface area contributed by atoms with Crippen LogP contribution in [0.1, 0.15) is 30.1 Å². The van der Waals surface area contributed by atoms with E-state index in [0.717, 1.165) is 16.3 Å². The van der Waals surface area contributed by atoms with E-state index in [1.54, 1.807) is 13.2 Å². The summed E-state index contributed by atoms with van der Waals surface area (Å²) in [6.45, 7) is 5.84. The molecule has 0 spiro atoms. The molecular formula is C17H18N2O2S. The molecule has 2 aromatic rings. The number of hydrogen-bond acceptors (Lipinski definition) is 5. The Morgan fingerprint density at radius 1 is 1.36 bits per heavy atom.